The summed E-state index contributed by atoms with van der Waals surface area (Å²) in [6.07, 6.45) is 17.5. The molecule has 5 aromatic rings. The predicted molar refractivity (Wildman–Crippen MR) is 205 cm³/mol. The monoisotopic (exact) mass is 624 g/mol. The largest absolute Gasteiger partial charge is 0.313 e. The van der Waals surface area contributed by atoms with Gasteiger partial charge in [-0.15, -0.1) is 0 Å². The highest BCUT2D eigenvalue weighted by molar-refractivity contribution is 5.93. The number of rotatable bonds is 14. The van der Waals surface area contributed by atoms with E-state index < -0.39 is 0 Å². The van der Waals surface area contributed by atoms with Gasteiger partial charge in [0, 0.05) is 33.8 Å². The van der Waals surface area contributed by atoms with E-state index in [0.29, 0.717) is 0 Å². The molecule has 0 amide bonds. The molecular formula is C45H56N2. The van der Waals surface area contributed by atoms with Crippen molar-refractivity contribution >= 4 is 28.0 Å². The molecule has 0 unspecified atom stereocenters. The van der Waals surface area contributed by atoms with Crippen molar-refractivity contribution in [1.29, 1.82) is 0 Å². The quantitative estimate of drug-likeness (QED) is 0.112. The number of hydrogen-bond acceptors (Lipinski definition) is 1. The zero-order valence-electron chi connectivity index (χ0n) is 29.8. The standard InChI is InChI=1S/C45H56N2/c1-6-8-10-12-16-36-30-39(26-22-34(36)4)46(40-27-23-35(5)37(31-40)17-13-11-9-7-2)41-28-29-45-43(32-41)42-18-14-15-19-44(42)47(45)38-24-20-33(3)21-25-38/h20-32H,6-19H2,1-5H3. The van der Waals surface area contributed by atoms with Crippen molar-refractivity contribution in [3.8, 4) is 5.69 Å². The van der Waals surface area contributed by atoms with Crippen LogP contribution in [0.15, 0.2) is 78.9 Å². The average Bonchev–Trinajstić information content (AvgIpc) is 3.42. The van der Waals surface area contributed by atoms with E-state index in [1.807, 2.05) is 0 Å². The second kappa shape index (κ2) is 15.4. The van der Waals surface area contributed by atoms with Crippen LogP contribution in [-0.2, 0) is 25.7 Å². The molecule has 0 spiro atoms. The topological polar surface area (TPSA) is 8.17 Å². The molecule has 1 aromatic heterocycles. The summed E-state index contributed by atoms with van der Waals surface area (Å²) < 4.78 is 2.55. The lowest BCUT2D eigenvalue weighted by molar-refractivity contribution is 0.665. The van der Waals surface area contributed by atoms with Gasteiger partial charge >= 0.3 is 0 Å². The van der Waals surface area contributed by atoms with Gasteiger partial charge in [-0.05, 0) is 155 Å². The number of aryl methyl sites for hydroxylation is 6. The molecule has 0 saturated carbocycles. The molecule has 0 bridgehead atoms. The highest BCUT2D eigenvalue weighted by atomic mass is 15.1. The van der Waals surface area contributed by atoms with E-state index in [1.165, 1.54) is 131 Å². The van der Waals surface area contributed by atoms with Gasteiger partial charge in [0.15, 0.2) is 0 Å². The first-order chi connectivity index (χ1) is 23.0. The Morgan fingerprint density at radius 3 is 1.72 bits per heavy atom. The van der Waals surface area contributed by atoms with Gasteiger partial charge in [0.1, 0.15) is 0 Å². The van der Waals surface area contributed by atoms with Gasteiger partial charge in [0.25, 0.3) is 0 Å². The molecule has 0 atom stereocenters. The summed E-state index contributed by atoms with van der Waals surface area (Å²) in [6, 6.07) is 30.8. The normalized spacial score (nSPS) is 12.9. The third-order valence-electron chi connectivity index (χ3n) is 10.6. The van der Waals surface area contributed by atoms with Crippen molar-refractivity contribution in [3.63, 3.8) is 0 Å². The lowest BCUT2D eigenvalue weighted by Crippen LogP contribution is -2.11. The Hall–Kier alpha value is -3.78. The minimum Gasteiger partial charge on any atom is -0.313 e. The highest BCUT2D eigenvalue weighted by Gasteiger charge is 2.23. The van der Waals surface area contributed by atoms with Crippen molar-refractivity contribution in [2.75, 3.05) is 4.90 Å². The molecule has 2 nitrogen and oxygen atoms in total. The van der Waals surface area contributed by atoms with E-state index in [0.717, 1.165) is 25.7 Å². The molecule has 4 aromatic carbocycles. The molecule has 0 fully saturated rings. The number of fused-ring (bicyclic) bond motifs is 3. The molecule has 1 heterocycles. The predicted octanol–water partition coefficient (Wildman–Crippen LogP) is 13.1. The summed E-state index contributed by atoms with van der Waals surface area (Å²) in [5, 5.41) is 1.42. The number of nitrogens with zero attached hydrogens (tertiary/aromatic N) is 2. The van der Waals surface area contributed by atoms with Crippen molar-refractivity contribution in [3.05, 3.63) is 118 Å². The molecule has 1 aliphatic carbocycles. The number of benzene rings is 4. The lowest BCUT2D eigenvalue weighted by atomic mass is 9.95. The summed E-state index contributed by atoms with van der Waals surface area (Å²) >= 11 is 0. The fourth-order valence-electron chi connectivity index (χ4n) is 7.72. The van der Waals surface area contributed by atoms with Gasteiger partial charge in [-0.1, -0.05) is 82.2 Å². The molecule has 47 heavy (non-hydrogen) atoms. The van der Waals surface area contributed by atoms with Crippen molar-refractivity contribution in [2.45, 2.75) is 125 Å². The minimum atomic E-state index is 1.15. The average molecular weight is 625 g/mol. The molecule has 6 rings (SSSR count). The molecule has 0 aliphatic heterocycles. The van der Waals surface area contributed by atoms with Crippen LogP contribution in [0.4, 0.5) is 17.1 Å². The Kier molecular flexibility index (Phi) is 10.9. The molecule has 1 aliphatic rings. The number of unbranched alkanes of at least 4 members (excludes halogenated alkanes) is 6. The molecule has 0 radical (unpaired) electrons. The SMILES string of the molecule is CCCCCCc1cc(N(c2ccc(C)c(CCCCCC)c2)c2ccc3c(c2)c2c(n3-c3ccc(C)cc3)CCCC2)ccc1C. The van der Waals surface area contributed by atoms with E-state index in [9.17, 15) is 0 Å². The first-order valence-corrected chi connectivity index (χ1v) is 18.7. The molecular weight excluding hydrogens is 569 g/mol. The van der Waals surface area contributed by atoms with Crippen LogP contribution in [0.1, 0.15) is 117 Å². The van der Waals surface area contributed by atoms with Gasteiger partial charge < -0.3 is 9.47 Å². The molecule has 246 valence electrons. The highest BCUT2D eigenvalue weighted by Crippen LogP contribution is 2.41. The van der Waals surface area contributed by atoms with Crippen LogP contribution in [0, 0.1) is 20.8 Å². The van der Waals surface area contributed by atoms with Gasteiger partial charge in [-0.3, -0.25) is 0 Å². The van der Waals surface area contributed by atoms with Crippen LogP contribution >= 0.6 is 0 Å². The number of hydrogen-bond donors (Lipinski definition) is 0. The summed E-state index contributed by atoms with van der Waals surface area (Å²) in [6.45, 7) is 11.3. The Morgan fingerprint density at radius 2 is 1.13 bits per heavy atom. The summed E-state index contributed by atoms with van der Waals surface area (Å²) in [5.74, 6) is 0. The maximum absolute atomic E-state index is 2.55. The van der Waals surface area contributed by atoms with Gasteiger partial charge in [-0.2, -0.15) is 0 Å². The van der Waals surface area contributed by atoms with Crippen molar-refractivity contribution in [2.24, 2.45) is 0 Å². The molecule has 0 saturated heterocycles. The molecule has 0 N–H and O–H groups in total. The van der Waals surface area contributed by atoms with Crippen LogP contribution in [0.2, 0.25) is 0 Å². The van der Waals surface area contributed by atoms with Crippen molar-refractivity contribution < 1.29 is 0 Å². The van der Waals surface area contributed by atoms with Crippen LogP contribution in [0.3, 0.4) is 0 Å². The van der Waals surface area contributed by atoms with Crippen LogP contribution < -0.4 is 4.90 Å². The van der Waals surface area contributed by atoms with Crippen LogP contribution in [0.5, 0.6) is 0 Å². The maximum atomic E-state index is 2.55. The summed E-state index contributed by atoms with van der Waals surface area (Å²) in [4.78, 5) is 2.54. The lowest BCUT2D eigenvalue weighted by Gasteiger charge is -2.28. The first kappa shape index (κ1) is 33.1. The van der Waals surface area contributed by atoms with Crippen molar-refractivity contribution in [1.82, 2.24) is 4.57 Å². The fourth-order valence-corrected chi connectivity index (χ4v) is 7.72. The van der Waals surface area contributed by atoms with Gasteiger partial charge in [0.2, 0.25) is 0 Å². The fraction of sp³-hybridized carbons (Fsp3) is 0.422. The van der Waals surface area contributed by atoms with E-state index in [1.54, 1.807) is 5.56 Å². The van der Waals surface area contributed by atoms with E-state index >= 15 is 0 Å². The number of aromatic nitrogens is 1. The van der Waals surface area contributed by atoms with Gasteiger partial charge in [0.05, 0.1) is 5.52 Å². The summed E-state index contributed by atoms with van der Waals surface area (Å²) in [7, 11) is 0. The molecule has 2 heteroatoms. The van der Waals surface area contributed by atoms with E-state index in [2.05, 4.69) is 123 Å². The summed E-state index contributed by atoms with van der Waals surface area (Å²) in [5.41, 5.74) is 16.6. The van der Waals surface area contributed by atoms with E-state index in [4.69, 9.17) is 0 Å². The second-order valence-electron chi connectivity index (χ2n) is 14.2. The van der Waals surface area contributed by atoms with Crippen LogP contribution in [-0.4, -0.2) is 4.57 Å². The minimum absolute atomic E-state index is 1.15. The first-order valence-electron chi connectivity index (χ1n) is 18.7. The van der Waals surface area contributed by atoms with Crippen LogP contribution in [0.25, 0.3) is 16.6 Å². The third kappa shape index (κ3) is 7.38. The zero-order chi connectivity index (χ0) is 32.8. The Balaban J connectivity index is 1.47. The van der Waals surface area contributed by atoms with E-state index in [-0.39, 0.29) is 0 Å². The maximum Gasteiger partial charge on any atom is 0.0535 e. The Labute approximate surface area is 284 Å². The number of anilines is 3. The third-order valence-corrected chi connectivity index (χ3v) is 10.6. The Morgan fingerprint density at radius 1 is 0.574 bits per heavy atom. The zero-order valence-corrected chi connectivity index (χ0v) is 29.8. The Bertz CT molecular complexity index is 1730. The second-order valence-corrected chi connectivity index (χ2v) is 14.2. The smallest absolute Gasteiger partial charge is 0.0535 e. The van der Waals surface area contributed by atoms with Gasteiger partial charge in [-0.25, -0.2) is 0 Å².